The Bertz CT molecular complexity index is 341. The maximum absolute atomic E-state index is 12.3. The van der Waals surface area contributed by atoms with Crippen LogP contribution in [0.5, 0.6) is 0 Å². The third-order valence-corrected chi connectivity index (χ3v) is 1.75. The first-order chi connectivity index (χ1) is 6.38. The lowest BCUT2D eigenvalue weighted by molar-refractivity contribution is -0.214. The summed E-state index contributed by atoms with van der Waals surface area (Å²) in [7, 11) is 0. The van der Waals surface area contributed by atoms with E-state index in [4.69, 9.17) is 0 Å². The minimum Gasteiger partial charge on any atom is -0.298 e. The fourth-order valence-electron chi connectivity index (χ4n) is 1.24. The summed E-state index contributed by atoms with van der Waals surface area (Å²) in [5.74, 6) is -0.403. The summed E-state index contributed by atoms with van der Waals surface area (Å²) in [6.45, 7) is 3.15. The maximum atomic E-state index is 12.3. The van der Waals surface area contributed by atoms with Gasteiger partial charge in [-0.25, -0.2) is 0 Å². The minimum absolute atomic E-state index is 0.0164. The fourth-order valence-corrected chi connectivity index (χ4v) is 1.24. The summed E-state index contributed by atoms with van der Waals surface area (Å²) < 4.78 is 37.0. The Hall–Kier alpha value is -1.33. The summed E-state index contributed by atoms with van der Waals surface area (Å²) in [4.78, 5) is 10.5. The molecule has 1 heterocycles. The number of halogens is 3. The van der Waals surface area contributed by atoms with Gasteiger partial charge in [0.25, 0.3) is 0 Å². The molecule has 0 unspecified atom stereocenters. The van der Waals surface area contributed by atoms with Crippen molar-refractivity contribution in [2.75, 3.05) is 0 Å². The average molecular weight is 206 g/mol. The highest BCUT2D eigenvalue weighted by Crippen LogP contribution is 2.28. The third-order valence-electron chi connectivity index (χ3n) is 1.75. The quantitative estimate of drug-likeness (QED) is 0.696. The second-order valence-corrected chi connectivity index (χ2v) is 3.14. The van der Waals surface area contributed by atoms with Gasteiger partial charge in [0, 0.05) is 0 Å². The van der Waals surface area contributed by atoms with Crippen LogP contribution in [0.2, 0.25) is 0 Å². The molecule has 1 rings (SSSR count). The predicted molar refractivity (Wildman–Crippen MR) is 43.0 cm³/mol. The average Bonchev–Trinajstić information content (AvgIpc) is 2.45. The van der Waals surface area contributed by atoms with E-state index in [1.54, 1.807) is 13.8 Å². The molecule has 0 atom stereocenters. The van der Waals surface area contributed by atoms with Crippen molar-refractivity contribution in [1.82, 2.24) is 9.78 Å². The highest BCUT2D eigenvalue weighted by molar-refractivity contribution is 5.76. The fraction of sp³-hybridized carbons (Fsp3) is 0.500. The molecule has 1 aromatic rings. The number of aromatic nitrogens is 2. The number of rotatable bonds is 2. The summed E-state index contributed by atoms with van der Waals surface area (Å²) in [5.41, 5.74) is -0.121. The van der Waals surface area contributed by atoms with Crippen LogP contribution in [0.1, 0.15) is 35.8 Å². The Morgan fingerprint density at radius 3 is 2.43 bits per heavy atom. The molecule has 0 spiro atoms. The van der Waals surface area contributed by atoms with Gasteiger partial charge in [0.2, 0.25) is 0 Å². The monoisotopic (exact) mass is 206 g/mol. The maximum Gasteiger partial charge on any atom is 0.504 e. The summed E-state index contributed by atoms with van der Waals surface area (Å²) in [5, 5.41) is 3.14. The van der Waals surface area contributed by atoms with Crippen molar-refractivity contribution in [3.8, 4) is 0 Å². The molecule has 0 aliphatic rings. The number of alkyl halides is 3. The van der Waals surface area contributed by atoms with Crippen LogP contribution in [0.4, 0.5) is 13.2 Å². The SMILES string of the molecule is CC(C)c1c(C=O)cnn1C(F)(F)F. The molecule has 0 aliphatic carbocycles. The molecule has 0 bridgehead atoms. The van der Waals surface area contributed by atoms with Crippen LogP contribution in [-0.4, -0.2) is 16.1 Å². The summed E-state index contributed by atoms with van der Waals surface area (Å²) in [6, 6.07) is 0. The molecule has 14 heavy (non-hydrogen) atoms. The van der Waals surface area contributed by atoms with E-state index < -0.39 is 12.2 Å². The number of carbonyl (C=O) groups excluding carboxylic acids is 1. The number of hydrogen-bond acceptors (Lipinski definition) is 2. The van der Waals surface area contributed by atoms with Gasteiger partial charge < -0.3 is 0 Å². The number of carbonyl (C=O) groups is 1. The van der Waals surface area contributed by atoms with E-state index in [9.17, 15) is 18.0 Å². The number of hydrogen-bond donors (Lipinski definition) is 0. The van der Waals surface area contributed by atoms with E-state index in [1.807, 2.05) is 0 Å². The van der Waals surface area contributed by atoms with E-state index in [0.29, 0.717) is 6.29 Å². The molecule has 0 radical (unpaired) electrons. The Kier molecular flexibility index (Phi) is 2.64. The van der Waals surface area contributed by atoms with Crippen molar-refractivity contribution in [2.45, 2.75) is 26.1 Å². The highest BCUT2D eigenvalue weighted by atomic mass is 19.4. The van der Waals surface area contributed by atoms with E-state index in [1.165, 1.54) is 0 Å². The molecule has 1 aromatic heterocycles. The van der Waals surface area contributed by atoms with E-state index in [-0.39, 0.29) is 15.9 Å². The lowest BCUT2D eigenvalue weighted by Gasteiger charge is -2.13. The van der Waals surface area contributed by atoms with Gasteiger partial charge >= 0.3 is 6.30 Å². The zero-order valence-corrected chi connectivity index (χ0v) is 7.67. The Labute approximate surface area is 78.5 Å². The molecule has 0 amide bonds. The Morgan fingerprint density at radius 1 is 1.50 bits per heavy atom. The van der Waals surface area contributed by atoms with Gasteiger partial charge in [0.1, 0.15) is 0 Å². The van der Waals surface area contributed by atoms with Crippen molar-refractivity contribution >= 4 is 6.29 Å². The largest absolute Gasteiger partial charge is 0.504 e. The van der Waals surface area contributed by atoms with Crippen LogP contribution >= 0.6 is 0 Å². The first-order valence-corrected chi connectivity index (χ1v) is 3.98. The molecular weight excluding hydrogens is 197 g/mol. The molecule has 0 saturated carbocycles. The van der Waals surface area contributed by atoms with Crippen LogP contribution in [0.25, 0.3) is 0 Å². The van der Waals surface area contributed by atoms with Gasteiger partial charge in [0.05, 0.1) is 17.5 Å². The Morgan fingerprint density at radius 2 is 2.07 bits per heavy atom. The minimum atomic E-state index is -4.57. The van der Waals surface area contributed by atoms with E-state index in [2.05, 4.69) is 5.10 Å². The lowest BCUT2D eigenvalue weighted by Crippen LogP contribution is -2.21. The van der Waals surface area contributed by atoms with Crippen LogP contribution in [0.15, 0.2) is 6.20 Å². The summed E-state index contributed by atoms with van der Waals surface area (Å²) in [6.07, 6.45) is -3.26. The smallest absolute Gasteiger partial charge is 0.298 e. The second-order valence-electron chi connectivity index (χ2n) is 3.14. The second kappa shape index (κ2) is 3.43. The van der Waals surface area contributed by atoms with Gasteiger partial charge in [-0.15, -0.1) is 13.2 Å². The van der Waals surface area contributed by atoms with E-state index >= 15 is 0 Å². The molecule has 6 heteroatoms. The van der Waals surface area contributed by atoms with Crippen molar-refractivity contribution in [1.29, 1.82) is 0 Å². The molecular formula is C8H9F3N2O. The molecule has 0 aliphatic heterocycles. The third kappa shape index (κ3) is 1.78. The van der Waals surface area contributed by atoms with Gasteiger partial charge in [-0.1, -0.05) is 13.8 Å². The van der Waals surface area contributed by atoms with E-state index in [0.717, 1.165) is 6.20 Å². The lowest BCUT2D eigenvalue weighted by atomic mass is 10.1. The molecule has 0 N–H and O–H groups in total. The highest BCUT2D eigenvalue weighted by Gasteiger charge is 2.35. The van der Waals surface area contributed by atoms with Crippen molar-refractivity contribution in [3.05, 3.63) is 17.5 Å². The van der Waals surface area contributed by atoms with Gasteiger partial charge in [0.15, 0.2) is 6.29 Å². The van der Waals surface area contributed by atoms with Crippen molar-refractivity contribution < 1.29 is 18.0 Å². The molecule has 78 valence electrons. The first kappa shape index (κ1) is 10.7. The topological polar surface area (TPSA) is 34.9 Å². The zero-order valence-electron chi connectivity index (χ0n) is 7.67. The molecule has 0 saturated heterocycles. The van der Waals surface area contributed by atoms with Crippen LogP contribution < -0.4 is 0 Å². The van der Waals surface area contributed by atoms with Crippen molar-refractivity contribution in [3.63, 3.8) is 0 Å². The standard InChI is InChI=1S/C8H9F3N2O/c1-5(2)7-6(4-14)3-12-13(7)8(9,10)11/h3-5H,1-2H3. The summed E-state index contributed by atoms with van der Waals surface area (Å²) >= 11 is 0. The molecule has 0 aromatic carbocycles. The normalized spacial score (nSPS) is 12.1. The number of nitrogens with zero attached hydrogens (tertiary/aromatic N) is 2. The van der Waals surface area contributed by atoms with Gasteiger partial charge in [-0.3, -0.25) is 4.79 Å². The zero-order chi connectivity index (χ0) is 10.9. The van der Waals surface area contributed by atoms with Crippen LogP contribution in [-0.2, 0) is 6.30 Å². The number of aldehydes is 1. The Balaban J connectivity index is 3.32. The van der Waals surface area contributed by atoms with Crippen molar-refractivity contribution in [2.24, 2.45) is 0 Å². The van der Waals surface area contributed by atoms with Gasteiger partial charge in [-0.05, 0) is 5.92 Å². The molecule has 3 nitrogen and oxygen atoms in total. The van der Waals surface area contributed by atoms with Gasteiger partial charge in [-0.2, -0.15) is 9.78 Å². The predicted octanol–water partition coefficient (Wildman–Crippen LogP) is 2.30. The van der Waals surface area contributed by atoms with Crippen LogP contribution in [0, 0.1) is 0 Å². The van der Waals surface area contributed by atoms with Crippen LogP contribution in [0.3, 0.4) is 0 Å². The first-order valence-electron chi connectivity index (χ1n) is 3.98. The molecule has 0 fully saturated rings.